The third-order valence-corrected chi connectivity index (χ3v) is 3.28. The lowest BCUT2D eigenvalue weighted by Gasteiger charge is -2.05. The number of hydrazone groups is 1. The monoisotopic (exact) mass is 364 g/mol. The molecule has 2 aromatic rings. The highest BCUT2D eigenvalue weighted by Crippen LogP contribution is 2.23. The first-order valence-electron chi connectivity index (χ1n) is 6.20. The molecule has 0 saturated carbocycles. The molecule has 0 aliphatic carbocycles. The maximum absolute atomic E-state index is 11.9. The predicted octanol–water partition coefficient (Wildman–Crippen LogP) is 2.63. The Balaban J connectivity index is 2.12. The first kappa shape index (κ1) is 15.8. The molecule has 0 spiro atoms. The number of aromatic hydroxyl groups is 2. The van der Waals surface area contributed by atoms with Crippen LogP contribution in [0.25, 0.3) is 0 Å². The van der Waals surface area contributed by atoms with Gasteiger partial charge in [-0.2, -0.15) is 5.10 Å². The van der Waals surface area contributed by atoms with E-state index in [0.29, 0.717) is 11.3 Å². The average molecular weight is 365 g/mol. The molecular weight excluding hydrogens is 352 g/mol. The Morgan fingerprint density at radius 2 is 2.05 bits per heavy atom. The number of phenolic OH excluding ortho intramolecular Hbond substituents is 2. The van der Waals surface area contributed by atoms with E-state index in [-0.39, 0.29) is 17.1 Å². The SMILES string of the molecule is COc1ccc(Br)cc1/C=N\NC(=O)c1ccc(O)cc1O. The molecular formula is C15H13BrN2O4. The summed E-state index contributed by atoms with van der Waals surface area (Å²) >= 11 is 3.34. The fraction of sp³-hybridized carbons (Fsp3) is 0.0667. The third kappa shape index (κ3) is 3.76. The zero-order chi connectivity index (χ0) is 16.1. The number of rotatable bonds is 4. The quantitative estimate of drug-likeness (QED) is 0.574. The summed E-state index contributed by atoms with van der Waals surface area (Å²) in [5.41, 5.74) is 2.98. The topological polar surface area (TPSA) is 91.2 Å². The van der Waals surface area contributed by atoms with Crippen LogP contribution in [-0.2, 0) is 0 Å². The fourth-order valence-corrected chi connectivity index (χ4v) is 2.12. The van der Waals surface area contributed by atoms with E-state index in [9.17, 15) is 15.0 Å². The highest BCUT2D eigenvalue weighted by atomic mass is 79.9. The first-order chi connectivity index (χ1) is 10.5. The number of carbonyl (C=O) groups is 1. The first-order valence-corrected chi connectivity index (χ1v) is 6.99. The second-order valence-corrected chi connectivity index (χ2v) is 5.20. The lowest BCUT2D eigenvalue weighted by molar-refractivity contribution is 0.0952. The molecule has 0 unspecified atom stereocenters. The summed E-state index contributed by atoms with van der Waals surface area (Å²) in [6.45, 7) is 0. The molecule has 0 fully saturated rings. The Bertz CT molecular complexity index is 731. The van der Waals surface area contributed by atoms with Crippen molar-refractivity contribution in [2.45, 2.75) is 0 Å². The summed E-state index contributed by atoms with van der Waals surface area (Å²) in [5.74, 6) is -0.444. The summed E-state index contributed by atoms with van der Waals surface area (Å²) < 4.78 is 6.03. The van der Waals surface area contributed by atoms with E-state index in [2.05, 4.69) is 26.5 Å². The Morgan fingerprint density at radius 3 is 2.73 bits per heavy atom. The smallest absolute Gasteiger partial charge is 0.275 e. The summed E-state index contributed by atoms with van der Waals surface area (Å²) in [7, 11) is 1.54. The van der Waals surface area contributed by atoms with Crippen molar-refractivity contribution in [3.05, 3.63) is 52.0 Å². The second kappa shape index (κ2) is 6.95. The molecule has 114 valence electrons. The van der Waals surface area contributed by atoms with E-state index >= 15 is 0 Å². The van der Waals surface area contributed by atoms with Crippen LogP contribution in [0.2, 0.25) is 0 Å². The lowest BCUT2D eigenvalue weighted by atomic mass is 10.2. The third-order valence-electron chi connectivity index (χ3n) is 2.79. The minimum atomic E-state index is -0.595. The van der Waals surface area contributed by atoms with Crippen LogP contribution in [-0.4, -0.2) is 29.4 Å². The van der Waals surface area contributed by atoms with Gasteiger partial charge in [0.15, 0.2) is 0 Å². The number of carbonyl (C=O) groups excluding carboxylic acids is 1. The van der Waals surface area contributed by atoms with E-state index in [0.717, 1.165) is 10.5 Å². The number of nitrogens with one attached hydrogen (secondary N) is 1. The van der Waals surface area contributed by atoms with Gasteiger partial charge in [-0.05, 0) is 30.3 Å². The van der Waals surface area contributed by atoms with Gasteiger partial charge in [-0.3, -0.25) is 4.79 Å². The summed E-state index contributed by atoms with van der Waals surface area (Å²) in [4.78, 5) is 11.9. The minimum absolute atomic E-state index is 0.0103. The number of halogens is 1. The van der Waals surface area contributed by atoms with Crippen molar-refractivity contribution >= 4 is 28.1 Å². The number of methoxy groups -OCH3 is 1. The molecule has 0 heterocycles. The fourth-order valence-electron chi connectivity index (χ4n) is 1.74. The number of ether oxygens (including phenoxy) is 1. The van der Waals surface area contributed by atoms with Crippen molar-refractivity contribution in [2.75, 3.05) is 7.11 Å². The molecule has 0 aromatic heterocycles. The van der Waals surface area contributed by atoms with Gasteiger partial charge in [0.2, 0.25) is 0 Å². The van der Waals surface area contributed by atoms with Crippen LogP contribution in [0, 0.1) is 0 Å². The standard InChI is InChI=1S/C15H13BrN2O4/c1-22-14-5-2-10(16)6-9(14)8-17-18-15(21)12-4-3-11(19)7-13(12)20/h2-8,19-20H,1H3,(H,18,21)/b17-8-. The number of phenols is 2. The number of benzene rings is 2. The molecule has 1 amide bonds. The van der Waals surface area contributed by atoms with Crippen LogP contribution >= 0.6 is 15.9 Å². The van der Waals surface area contributed by atoms with Gasteiger partial charge >= 0.3 is 0 Å². The molecule has 3 N–H and O–H groups in total. The van der Waals surface area contributed by atoms with Crippen molar-refractivity contribution < 1.29 is 19.7 Å². The Labute approximate surface area is 135 Å². The van der Waals surface area contributed by atoms with E-state index in [1.54, 1.807) is 12.1 Å². The van der Waals surface area contributed by atoms with Crippen LogP contribution < -0.4 is 10.2 Å². The van der Waals surface area contributed by atoms with Gasteiger partial charge in [0.05, 0.1) is 18.9 Å². The average Bonchev–Trinajstić information content (AvgIpc) is 2.47. The van der Waals surface area contributed by atoms with Gasteiger partial charge in [0.25, 0.3) is 5.91 Å². The maximum Gasteiger partial charge on any atom is 0.275 e. The zero-order valence-electron chi connectivity index (χ0n) is 11.6. The Morgan fingerprint density at radius 1 is 1.27 bits per heavy atom. The van der Waals surface area contributed by atoms with Crippen molar-refractivity contribution in [3.8, 4) is 17.2 Å². The van der Waals surface area contributed by atoms with Crippen molar-refractivity contribution in [1.29, 1.82) is 0 Å². The number of hydrogen-bond acceptors (Lipinski definition) is 5. The molecule has 0 atom stereocenters. The number of hydrogen-bond donors (Lipinski definition) is 3. The molecule has 0 bridgehead atoms. The number of nitrogens with zero attached hydrogens (tertiary/aromatic N) is 1. The molecule has 22 heavy (non-hydrogen) atoms. The lowest BCUT2D eigenvalue weighted by Crippen LogP contribution is -2.17. The maximum atomic E-state index is 11.9. The van der Waals surface area contributed by atoms with Crippen LogP contribution in [0.5, 0.6) is 17.2 Å². The van der Waals surface area contributed by atoms with Crippen LogP contribution in [0.4, 0.5) is 0 Å². The molecule has 2 rings (SSSR count). The van der Waals surface area contributed by atoms with Crippen LogP contribution in [0.15, 0.2) is 46.0 Å². The van der Waals surface area contributed by atoms with Crippen LogP contribution in [0.1, 0.15) is 15.9 Å². The van der Waals surface area contributed by atoms with E-state index < -0.39 is 5.91 Å². The van der Waals surface area contributed by atoms with Gasteiger partial charge in [-0.15, -0.1) is 0 Å². The molecule has 0 aliphatic heterocycles. The Hall–Kier alpha value is -2.54. The molecule has 0 aliphatic rings. The van der Waals surface area contributed by atoms with Crippen LogP contribution in [0.3, 0.4) is 0 Å². The number of amides is 1. The minimum Gasteiger partial charge on any atom is -0.508 e. The van der Waals surface area contributed by atoms with Gasteiger partial charge in [-0.1, -0.05) is 15.9 Å². The van der Waals surface area contributed by atoms with Gasteiger partial charge in [0.1, 0.15) is 17.2 Å². The van der Waals surface area contributed by atoms with Crippen molar-refractivity contribution in [3.63, 3.8) is 0 Å². The van der Waals surface area contributed by atoms with Gasteiger partial charge in [0, 0.05) is 16.1 Å². The van der Waals surface area contributed by atoms with E-state index in [1.807, 2.05) is 6.07 Å². The highest BCUT2D eigenvalue weighted by Gasteiger charge is 2.10. The van der Waals surface area contributed by atoms with Crippen molar-refractivity contribution in [1.82, 2.24) is 5.43 Å². The summed E-state index contributed by atoms with van der Waals surface area (Å²) in [5, 5.41) is 22.6. The molecule has 7 heteroatoms. The van der Waals surface area contributed by atoms with E-state index in [4.69, 9.17) is 4.74 Å². The summed E-state index contributed by atoms with van der Waals surface area (Å²) in [6.07, 6.45) is 1.43. The normalized spacial score (nSPS) is 10.6. The molecule has 0 saturated heterocycles. The van der Waals surface area contributed by atoms with Gasteiger partial charge in [-0.25, -0.2) is 5.43 Å². The predicted molar refractivity (Wildman–Crippen MR) is 85.5 cm³/mol. The zero-order valence-corrected chi connectivity index (χ0v) is 13.2. The summed E-state index contributed by atoms with van der Waals surface area (Å²) in [6, 6.07) is 9.05. The Kier molecular flexibility index (Phi) is 5.00. The van der Waals surface area contributed by atoms with E-state index in [1.165, 1.54) is 25.5 Å². The van der Waals surface area contributed by atoms with Crippen molar-refractivity contribution in [2.24, 2.45) is 5.10 Å². The largest absolute Gasteiger partial charge is 0.508 e. The molecule has 6 nitrogen and oxygen atoms in total. The second-order valence-electron chi connectivity index (χ2n) is 4.29. The molecule has 2 aromatic carbocycles. The van der Waals surface area contributed by atoms with Gasteiger partial charge < -0.3 is 14.9 Å². The highest BCUT2D eigenvalue weighted by molar-refractivity contribution is 9.10. The molecule has 0 radical (unpaired) electrons.